The number of para-hydroxylation sites is 1. The average molecular weight is 341 g/mol. The van der Waals surface area contributed by atoms with Crippen LogP contribution in [0.4, 0.5) is 5.69 Å². The highest BCUT2D eigenvalue weighted by atomic mass is 16.5. The van der Waals surface area contributed by atoms with Crippen molar-refractivity contribution >= 4 is 11.6 Å². The van der Waals surface area contributed by atoms with Gasteiger partial charge < -0.3 is 14.4 Å². The van der Waals surface area contributed by atoms with E-state index in [0.717, 1.165) is 23.5 Å². The number of rotatable bonds is 6. The van der Waals surface area contributed by atoms with Crippen LogP contribution in [-0.4, -0.2) is 49.1 Å². The number of carbonyl (C=O) groups excluding carboxylic acids is 1. The molecule has 1 saturated heterocycles. The molecule has 0 aliphatic carbocycles. The van der Waals surface area contributed by atoms with Gasteiger partial charge in [0.05, 0.1) is 25.9 Å². The van der Waals surface area contributed by atoms with E-state index in [-0.39, 0.29) is 5.91 Å². The van der Waals surface area contributed by atoms with Crippen molar-refractivity contribution in [3.8, 4) is 11.6 Å². The van der Waals surface area contributed by atoms with Crippen LogP contribution < -0.4 is 14.4 Å². The Morgan fingerprint density at radius 3 is 2.80 bits per heavy atom. The molecule has 1 fully saturated rings. The van der Waals surface area contributed by atoms with E-state index in [2.05, 4.69) is 16.0 Å². The fourth-order valence-electron chi connectivity index (χ4n) is 2.98. The zero-order valence-electron chi connectivity index (χ0n) is 14.6. The third-order valence-electron chi connectivity index (χ3n) is 4.21. The number of nitrogens with zero attached hydrogens (tertiary/aromatic N) is 3. The Morgan fingerprint density at radius 2 is 2.04 bits per heavy atom. The Morgan fingerprint density at radius 1 is 1.20 bits per heavy atom. The maximum atomic E-state index is 12.6. The SMILES string of the molecule is CCOc1ccccc1CN1CCN(c2ccnc(OC)c2)C(=O)C1. The summed E-state index contributed by atoms with van der Waals surface area (Å²) >= 11 is 0. The van der Waals surface area contributed by atoms with Gasteiger partial charge in [0.1, 0.15) is 5.75 Å². The predicted octanol–water partition coefficient (Wildman–Crippen LogP) is 2.34. The highest BCUT2D eigenvalue weighted by Gasteiger charge is 2.26. The molecule has 0 N–H and O–H groups in total. The van der Waals surface area contributed by atoms with Gasteiger partial charge in [0.25, 0.3) is 0 Å². The molecule has 1 aromatic heterocycles. The molecule has 1 amide bonds. The molecule has 1 aliphatic heterocycles. The minimum Gasteiger partial charge on any atom is -0.494 e. The normalized spacial score (nSPS) is 15.3. The second kappa shape index (κ2) is 7.98. The number of ether oxygens (including phenoxy) is 2. The van der Waals surface area contributed by atoms with E-state index in [0.29, 0.717) is 32.1 Å². The second-order valence-corrected chi connectivity index (χ2v) is 5.85. The molecule has 0 spiro atoms. The number of carbonyl (C=O) groups is 1. The van der Waals surface area contributed by atoms with E-state index in [1.54, 1.807) is 24.3 Å². The van der Waals surface area contributed by atoms with Crippen LogP contribution in [0.2, 0.25) is 0 Å². The maximum absolute atomic E-state index is 12.6. The quantitative estimate of drug-likeness (QED) is 0.807. The maximum Gasteiger partial charge on any atom is 0.241 e. The topological polar surface area (TPSA) is 54.9 Å². The molecular formula is C19H23N3O3. The zero-order valence-corrected chi connectivity index (χ0v) is 14.6. The second-order valence-electron chi connectivity index (χ2n) is 5.85. The van der Waals surface area contributed by atoms with Gasteiger partial charge in [-0.1, -0.05) is 18.2 Å². The molecule has 3 rings (SSSR count). The molecule has 0 atom stereocenters. The summed E-state index contributed by atoms with van der Waals surface area (Å²) in [5.74, 6) is 1.48. The van der Waals surface area contributed by atoms with Crippen molar-refractivity contribution in [2.75, 3.05) is 38.3 Å². The lowest BCUT2D eigenvalue weighted by Gasteiger charge is -2.34. The molecule has 2 aromatic rings. The first kappa shape index (κ1) is 17.2. The van der Waals surface area contributed by atoms with E-state index >= 15 is 0 Å². The summed E-state index contributed by atoms with van der Waals surface area (Å²) in [4.78, 5) is 20.6. The Bertz CT molecular complexity index is 735. The Kier molecular flexibility index (Phi) is 5.50. The number of piperazine rings is 1. The number of benzene rings is 1. The minimum absolute atomic E-state index is 0.0772. The monoisotopic (exact) mass is 341 g/mol. The third-order valence-corrected chi connectivity index (χ3v) is 4.21. The van der Waals surface area contributed by atoms with Crippen LogP contribution in [0.15, 0.2) is 42.6 Å². The first-order valence-corrected chi connectivity index (χ1v) is 8.44. The Balaban J connectivity index is 1.67. The lowest BCUT2D eigenvalue weighted by atomic mass is 10.1. The van der Waals surface area contributed by atoms with E-state index in [9.17, 15) is 4.79 Å². The minimum atomic E-state index is 0.0772. The van der Waals surface area contributed by atoms with Gasteiger partial charge in [-0.05, 0) is 19.1 Å². The summed E-state index contributed by atoms with van der Waals surface area (Å²) in [5.41, 5.74) is 1.93. The molecule has 1 aromatic carbocycles. The number of anilines is 1. The standard InChI is InChI=1S/C19H23N3O3/c1-3-25-17-7-5-4-6-15(17)13-21-10-11-22(19(23)14-21)16-8-9-20-18(12-16)24-2/h4-9,12H,3,10-11,13-14H2,1-2H3. The number of pyridine rings is 1. The molecule has 0 bridgehead atoms. The molecule has 0 saturated carbocycles. The lowest BCUT2D eigenvalue weighted by Crippen LogP contribution is -2.50. The van der Waals surface area contributed by atoms with Crippen molar-refractivity contribution in [1.29, 1.82) is 0 Å². The first-order chi connectivity index (χ1) is 12.2. The van der Waals surface area contributed by atoms with Gasteiger partial charge in [-0.15, -0.1) is 0 Å². The van der Waals surface area contributed by atoms with Crippen LogP contribution in [-0.2, 0) is 11.3 Å². The Labute approximate surface area is 148 Å². The number of aromatic nitrogens is 1. The smallest absolute Gasteiger partial charge is 0.241 e. The summed E-state index contributed by atoms with van der Waals surface area (Å²) in [6.45, 7) is 5.13. The van der Waals surface area contributed by atoms with Gasteiger partial charge in [-0.25, -0.2) is 4.98 Å². The summed E-state index contributed by atoms with van der Waals surface area (Å²) < 4.78 is 10.8. The highest BCUT2D eigenvalue weighted by Crippen LogP contribution is 2.23. The number of amides is 1. The van der Waals surface area contributed by atoms with Gasteiger partial charge >= 0.3 is 0 Å². The van der Waals surface area contributed by atoms with Crippen LogP contribution in [0.3, 0.4) is 0 Å². The average Bonchev–Trinajstić information content (AvgIpc) is 2.64. The van der Waals surface area contributed by atoms with Crippen molar-refractivity contribution in [3.63, 3.8) is 0 Å². The molecule has 1 aliphatic rings. The number of hydrogen-bond donors (Lipinski definition) is 0. The molecule has 0 unspecified atom stereocenters. The van der Waals surface area contributed by atoms with E-state index in [1.807, 2.05) is 31.2 Å². The number of hydrogen-bond acceptors (Lipinski definition) is 5. The number of methoxy groups -OCH3 is 1. The van der Waals surface area contributed by atoms with E-state index in [1.165, 1.54) is 0 Å². The van der Waals surface area contributed by atoms with Gasteiger partial charge in [0.15, 0.2) is 0 Å². The van der Waals surface area contributed by atoms with Gasteiger partial charge in [-0.2, -0.15) is 0 Å². The molecule has 2 heterocycles. The summed E-state index contributed by atoms with van der Waals surface area (Å²) in [6, 6.07) is 11.6. The van der Waals surface area contributed by atoms with E-state index < -0.39 is 0 Å². The van der Waals surface area contributed by atoms with Crippen LogP contribution in [0, 0.1) is 0 Å². The lowest BCUT2D eigenvalue weighted by molar-refractivity contribution is -0.121. The molecular weight excluding hydrogens is 318 g/mol. The fraction of sp³-hybridized carbons (Fsp3) is 0.368. The van der Waals surface area contributed by atoms with Gasteiger partial charge in [0.2, 0.25) is 11.8 Å². The molecule has 6 nitrogen and oxygen atoms in total. The fourth-order valence-corrected chi connectivity index (χ4v) is 2.98. The van der Waals surface area contributed by atoms with Crippen molar-refractivity contribution in [2.24, 2.45) is 0 Å². The van der Waals surface area contributed by atoms with Crippen molar-refractivity contribution in [2.45, 2.75) is 13.5 Å². The zero-order chi connectivity index (χ0) is 17.6. The molecule has 132 valence electrons. The largest absolute Gasteiger partial charge is 0.494 e. The molecule has 25 heavy (non-hydrogen) atoms. The summed E-state index contributed by atoms with van der Waals surface area (Å²) in [5, 5.41) is 0. The van der Waals surface area contributed by atoms with Crippen molar-refractivity contribution in [1.82, 2.24) is 9.88 Å². The highest BCUT2D eigenvalue weighted by molar-refractivity contribution is 5.95. The molecule has 6 heteroatoms. The van der Waals surface area contributed by atoms with Crippen LogP contribution in [0.25, 0.3) is 0 Å². The van der Waals surface area contributed by atoms with Crippen LogP contribution in [0.1, 0.15) is 12.5 Å². The third kappa shape index (κ3) is 4.09. The Hall–Kier alpha value is -2.60. The van der Waals surface area contributed by atoms with Crippen molar-refractivity contribution in [3.05, 3.63) is 48.2 Å². The van der Waals surface area contributed by atoms with Crippen LogP contribution in [0.5, 0.6) is 11.6 Å². The predicted molar refractivity (Wildman–Crippen MR) is 96.0 cm³/mol. The first-order valence-electron chi connectivity index (χ1n) is 8.44. The van der Waals surface area contributed by atoms with Gasteiger partial charge in [0, 0.05) is 37.5 Å². The summed E-state index contributed by atoms with van der Waals surface area (Å²) in [7, 11) is 1.57. The van der Waals surface area contributed by atoms with E-state index in [4.69, 9.17) is 9.47 Å². The summed E-state index contributed by atoms with van der Waals surface area (Å²) in [6.07, 6.45) is 1.66. The van der Waals surface area contributed by atoms with Crippen LogP contribution >= 0.6 is 0 Å². The molecule has 0 radical (unpaired) electrons. The van der Waals surface area contributed by atoms with Gasteiger partial charge in [-0.3, -0.25) is 9.69 Å². The van der Waals surface area contributed by atoms with Crippen molar-refractivity contribution < 1.29 is 14.3 Å².